The predicted octanol–water partition coefficient (Wildman–Crippen LogP) is 1.57. The molecule has 1 aliphatic heterocycles. The first kappa shape index (κ1) is 19.3. The van der Waals surface area contributed by atoms with Gasteiger partial charge in [-0.15, -0.1) is 0 Å². The highest BCUT2D eigenvalue weighted by Gasteiger charge is 2.38. The number of rotatable bonds is 6. The molecule has 1 heterocycles. The number of amides is 3. The molecule has 0 saturated carbocycles. The summed E-state index contributed by atoms with van der Waals surface area (Å²) in [7, 11) is 1.55. The molecule has 0 bridgehead atoms. The van der Waals surface area contributed by atoms with Gasteiger partial charge in [-0.2, -0.15) is 0 Å². The summed E-state index contributed by atoms with van der Waals surface area (Å²) in [5.74, 6) is -1.32. The molecule has 1 unspecified atom stereocenters. The fourth-order valence-electron chi connectivity index (χ4n) is 3.13. The number of halogens is 1. The van der Waals surface area contributed by atoms with E-state index in [-0.39, 0.29) is 24.1 Å². The lowest BCUT2D eigenvalue weighted by Gasteiger charge is -2.24. The molecule has 2 aromatic carbocycles. The number of benzene rings is 2. The van der Waals surface area contributed by atoms with Crippen molar-refractivity contribution in [3.8, 4) is 5.75 Å². The van der Waals surface area contributed by atoms with Crippen molar-refractivity contribution in [1.82, 2.24) is 4.90 Å². The minimum absolute atomic E-state index is 0.215. The smallest absolute Gasteiger partial charge is 0.255 e. The number of ether oxygens (including phenoxy) is 1. The van der Waals surface area contributed by atoms with Crippen molar-refractivity contribution in [3.63, 3.8) is 0 Å². The van der Waals surface area contributed by atoms with Gasteiger partial charge >= 0.3 is 0 Å². The van der Waals surface area contributed by atoms with Gasteiger partial charge in [0.15, 0.2) is 6.61 Å². The molecule has 0 aliphatic carbocycles. The van der Waals surface area contributed by atoms with Crippen molar-refractivity contribution in [2.45, 2.75) is 12.5 Å². The van der Waals surface area contributed by atoms with Gasteiger partial charge in [-0.05, 0) is 42.8 Å². The molecule has 0 radical (unpaired) electrons. The van der Waals surface area contributed by atoms with Crippen LogP contribution in [-0.2, 0) is 9.59 Å². The maximum absolute atomic E-state index is 14.0. The van der Waals surface area contributed by atoms with Crippen molar-refractivity contribution < 1.29 is 23.5 Å². The van der Waals surface area contributed by atoms with Crippen LogP contribution < -0.4 is 15.4 Å². The highest BCUT2D eigenvalue weighted by atomic mass is 19.1. The van der Waals surface area contributed by atoms with E-state index in [4.69, 9.17) is 10.5 Å². The predicted molar refractivity (Wildman–Crippen MR) is 100 cm³/mol. The normalized spacial score (nSPS) is 16.1. The number of carbonyl (C=O) groups excluding carboxylic acids is 3. The maximum atomic E-state index is 14.0. The summed E-state index contributed by atoms with van der Waals surface area (Å²) in [4.78, 5) is 38.9. The summed E-state index contributed by atoms with van der Waals surface area (Å²) in [5.41, 5.74) is 5.60. The molecule has 3 amide bonds. The van der Waals surface area contributed by atoms with Gasteiger partial charge in [0, 0.05) is 19.2 Å². The number of nitrogens with zero attached hydrogens (tertiary/aromatic N) is 2. The Hall–Kier alpha value is -3.42. The van der Waals surface area contributed by atoms with E-state index in [0.29, 0.717) is 24.3 Å². The van der Waals surface area contributed by atoms with Crippen LogP contribution in [0.2, 0.25) is 0 Å². The first-order valence-electron chi connectivity index (χ1n) is 8.72. The molecule has 3 rings (SSSR count). The first-order chi connectivity index (χ1) is 13.4. The molecule has 7 nitrogen and oxygen atoms in total. The van der Waals surface area contributed by atoms with Gasteiger partial charge in [-0.3, -0.25) is 14.4 Å². The summed E-state index contributed by atoms with van der Waals surface area (Å²) in [6.07, 6.45) is 0.412. The lowest BCUT2D eigenvalue weighted by atomic mass is 10.1. The molecule has 28 heavy (non-hydrogen) atoms. The third kappa shape index (κ3) is 3.95. The van der Waals surface area contributed by atoms with Crippen LogP contribution in [-0.4, -0.2) is 48.9 Å². The van der Waals surface area contributed by atoms with Crippen LogP contribution in [0, 0.1) is 5.82 Å². The topological polar surface area (TPSA) is 92.9 Å². The molecule has 0 spiro atoms. The zero-order valence-corrected chi connectivity index (χ0v) is 15.3. The Morgan fingerprint density at radius 1 is 1.21 bits per heavy atom. The second-order valence-corrected chi connectivity index (χ2v) is 6.44. The largest absolute Gasteiger partial charge is 0.484 e. The standard InChI is InChI=1S/C20H20FN3O4/c1-23(19(26)13-6-8-14(9-7-13)28-12-18(22)25)17-10-11-24(20(17)27)16-5-3-2-4-15(16)21/h2-9,17H,10-12H2,1H3,(H2,22,25). The average Bonchev–Trinajstić information content (AvgIpc) is 3.07. The Balaban J connectivity index is 1.69. The quantitative estimate of drug-likeness (QED) is 0.817. The highest BCUT2D eigenvalue weighted by molar-refractivity contribution is 6.03. The van der Waals surface area contributed by atoms with Crippen LogP contribution in [0.3, 0.4) is 0 Å². The zero-order valence-electron chi connectivity index (χ0n) is 15.3. The summed E-state index contributed by atoms with van der Waals surface area (Å²) >= 11 is 0. The van der Waals surface area contributed by atoms with Crippen molar-refractivity contribution in [2.75, 3.05) is 25.1 Å². The van der Waals surface area contributed by atoms with E-state index in [2.05, 4.69) is 0 Å². The van der Waals surface area contributed by atoms with Gasteiger partial charge in [0.05, 0.1) is 5.69 Å². The molecule has 2 aromatic rings. The van der Waals surface area contributed by atoms with E-state index < -0.39 is 17.8 Å². The molecular formula is C20H20FN3O4. The number of anilines is 1. The average molecular weight is 385 g/mol. The second-order valence-electron chi connectivity index (χ2n) is 6.44. The fraction of sp³-hybridized carbons (Fsp3) is 0.250. The fourth-order valence-corrected chi connectivity index (χ4v) is 3.13. The molecule has 0 aromatic heterocycles. The Morgan fingerprint density at radius 2 is 1.89 bits per heavy atom. The molecule has 1 aliphatic rings. The van der Waals surface area contributed by atoms with Crippen LogP contribution in [0.1, 0.15) is 16.8 Å². The molecule has 1 atom stereocenters. The number of nitrogens with two attached hydrogens (primary N) is 1. The minimum Gasteiger partial charge on any atom is -0.484 e. The third-order valence-electron chi connectivity index (χ3n) is 4.59. The number of hydrogen-bond acceptors (Lipinski definition) is 4. The number of carbonyl (C=O) groups is 3. The van der Waals surface area contributed by atoms with E-state index in [1.165, 1.54) is 15.9 Å². The molecule has 2 N–H and O–H groups in total. The van der Waals surface area contributed by atoms with E-state index in [1.807, 2.05) is 0 Å². The highest BCUT2D eigenvalue weighted by Crippen LogP contribution is 2.27. The first-order valence-corrected chi connectivity index (χ1v) is 8.72. The number of para-hydroxylation sites is 1. The second kappa shape index (κ2) is 8.08. The maximum Gasteiger partial charge on any atom is 0.255 e. The van der Waals surface area contributed by atoms with Crippen molar-refractivity contribution in [3.05, 3.63) is 59.9 Å². The van der Waals surface area contributed by atoms with E-state index in [1.54, 1.807) is 49.5 Å². The molecule has 1 fully saturated rings. The van der Waals surface area contributed by atoms with Crippen LogP contribution in [0.15, 0.2) is 48.5 Å². The SMILES string of the molecule is CN(C(=O)c1ccc(OCC(N)=O)cc1)C1CCN(c2ccccc2F)C1=O. The number of hydrogen-bond donors (Lipinski definition) is 1. The van der Waals surface area contributed by atoms with Crippen molar-refractivity contribution in [2.24, 2.45) is 5.73 Å². The van der Waals surface area contributed by atoms with Gasteiger partial charge in [-0.25, -0.2) is 4.39 Å². The number of primary amides is 1. The van der Waals surface area contributed by atoms with Crippen LogP contribution in [0.4, 0.5) is 10.1 Å². The molecule has 8 heteroatoms. The van der Waals surface area contributed by atoms with Crippen LogP contribution in [0.5, 0.6) is 5.75 Å². The van der Waals surface area contributed by atoms with E-state index >= 15 is 0 Å². The Morgan fingerprint density at radius 3 is 2.54 bits per heavy atom. The minimum atomic E-state index is -0.669. The van der Waals surface area contributed by atoms with Crippen LogP contribution in [0.25, 0.3) is 0 Å². The summed E-state index contributed by atoms with van der Waals surface area (Å²) in [6.45, 7) is 0.0810. The van der Waals surface area contributed by atoms with Gasteiger partial charge in [0.2, 0.25) is 5.91 Å². The van der Waals surface area contributed by atoms with Gasteiger partial charge in [-0.1, -0.05) is 12.1 Å². The number of likely N-dealkylation sites (N-methyl/N-ethyl adjacent to an activating group) is 1. The summed E-state index contributed by atoms with van der Waals surface area (Å²) in [6, 6.07) is 11.6. The summed E-state index contributed by atoms with van der Waals surface area (Å²) < 4.78 is 19.2. The summed E-state index contributed by atoms with van der Waals surface area (Å²) in [5, 5.41) is 0. The van der Waals surface area contributed by atoms with E-state index in [9.17, 15) is 18.8 Å². The van der Waals surface area contributed by atoms with Gasteiger partial charge < -0.3 is 20.3 Å². The molecule has 146 valence electrons. The van der Waals surface area contributed by atoms with Crippen LogP contribution >= 0.6 is 0 Å². The van der Waals surface area contributed by atoms with E-state index in [0.717, 1.165) is 0 Å². The lowest BCUT2D eigenvalue weighted by molar-refractivity contribution is -0.121. The lowest BCUT2D eigenvalue weighted by Crippen LogP contribution is -2.43. The Bertz CT molecular complexity index is 901. The van der Waals surface area contributed by atoms with Crippen molar-refractivity contribution in [1.29, 1.82) is 0 Å². The Labute approximate surface area is 161 Å². The molecular weight excluding hydrogens is 365 g/mol. The van der Waals surface area contributed by atoms with Gasteiger partial charge in [0.25, 0.3) is 11.8 Å². The van der Waals surface area contributed by atoms with Gasteiger partial charge in [0.1, 0.15) is 17.6 Å². The zero-order chi connectivity index (χ0) is 20.3. The monoisotopic (exact) mass is 385 g/mol. The Kier molecular flexibility index (Phi) is 5.58. The van der Waals surface area contributed by atoms with Crippen molar-refractivity contribution >= 4 is 23.4 Å². The third-order valence-corrected chi connectivity index (χ3v) is 4.59. The molecule has 1 saturated heterocycles.